The highest BCUT2D eigenvalue weighted by atomic mass is 79.9. The van der Waals surface area contributed by atoms with Crippen molar-refractivity contribution in [1.29, 1.82) is 5.26 Å². The van der Waals surface area contributed by atoms with Crippen LogP contribution in [-0.4, -0.2) is 30.4 Å². The lowest BCUT2D eigenvalue weighted by molar-refractivity contribution is -0.121. The second-order valence-corrected chi connectivity index (χ2v) is 7.51. The van der Waals surface area contributed by atoms with E-state index in [1.165, 1.54) is 4.88 Å². The second kappa shape index (κ2) is 6.83. The van der Waals surface area contributed by atoms with E-state index in [1.807, 2.05) is 24.1 Å². The molecule has 2 heterocycles. The molecule has 23 heavy (non-hydrogen) atoms. The second-order valence-electron chi connectivity index (χ2n) is 5.60. The topological polar surface area (TPSA) is 47.3 Å². The summed E-state index contributed by atoms with van der Waals surface area (Å²) in [6.45, 7) is 1.49. The molecule has 0 spiro atoms. The van der Waals surface area contributed by atoms with Gasteiger partial charge in [-0.25, -0.2) is 0 Å². The maximum absolute atomic E-state index is 12.7. The third-order valence-corrected chi connectivity index (χ3v) is 5.73. The monoisotopic (exact) mass is 389 g/mol. The van der Waals surface area contributed by atoms with Crippen molar-refractivity contribution in [2.75, 3.05) is 18.5 Å². The summed E-state index contributed by atoms with van der Waals surface area (Å²) < 4.78 is 1.09. The predicted molar refractivity (Wildman–Crippen MR) is 95.4 cm³/mol. The summed E-state index contributed by atoms with van der Waals surface area (Å²) in [5, 5.41) is 10.9. The van der Waals surface area contributed by atoms with E-state index < -0.39 is 0 Å². The molecule has 6 heteroatoms. The van der Waals surface area contributed by atoms with Crippen LogP contribution < -0.4 is 4.90 Å². The Hall–Kier alpha value is -1.68. The zero-order valence-corrected chi connectivity index (χ0v) is 15.1. The molecule has 1 fully saturated rings. The van der Waals surface area contributed by atoms with Gasteiger partial charge in [-0.15, -0.1) is 11.3 Å². The van der Waals surface area contributed by atoms with E-state index in [4.69, 9.17) is 5.26 Å². The summed E-state index contributed by atoms with van der Waals surface area (Å²) in [6.07, 6.45) is 0.821. The van der Waals surface area contributed by atoms with Crippen molar-refractivity contribution in [3.8, 4) is 6.07 Å². The standard InChI is InChI=1S/C17H16BrN3OS/c1-20(10-15-8-13(18)11-23-15)16-6-7-21(17(16)22)14-4-2-12(9-19)3-5-14/h2-5,8,11,16H,6-7,10H2,1H3. The summed E-state index contributed by atoms with van der Waals surface area (Å²) >= 11 is 5.16. The first-order valence-electron chi connectivity index (χ1n) is 7.33. The van der Waals surface area contributed by atoms with Gasteiger partial charge in [-0.3, -0.25) is 9.69 Å². The number of nitriles is 1. The molecule has 1 amide bonds. The molecule has 0 radical (unpaired) electrons. The van der Waals surface area contributed by atoms with Crippen LogP contribution in [0.5, 0.6) is 0 Å². The Kier molecular flexibility index (Phi) is 4.81. The first-order chi connectivity index (χ1) is 11.1. The number of hydrogen-bond donors (Lipinski definition) is 0. The van der Waals surface area contributed by atoms with Gasteiger partial charge in [-0.2, -0.15) is 5.26 Å². The molecule has 1 unspecified atom stereocenters. The SMILES string of the molecule is CN(Cc1cc(Br)cs1)C1CCN(c2ccc(C#N)cc2)C1=O. The number of likely N-dealkylation sites (N-methyl/N-ethyl adjacent to an activating group) is 1. The van der Waals surface area contributed by atoms with E-state index in [-0.39, 0.29) is 11.9 Å². The summed E-state index contributed by atoms with van der Waals surface area (Å²) in [5.41, 5.74) is 1.47. The molecule has 0 saturated carbocycles. The lowest BCUT2D eigenvalue weighted by Gasteiger charge is -2.23. The fraction of sp³-hybridized carbons (Fsp3) is 0.294. The van der Waals surface area contributed by atoms with Crippen LogP contribution in [0.3, 0.4) is 0 Å². The normalized spacial score (nSPS) is 17.7. The maximum atomic E-state index is 12.7. The van der Waals surface area contributed by atoms with E-state index in [2.05, 4.69) is 38.3 Å². The number of carbonyl (C=O) groups excluding carboxylic acids is 1. The highest BCUT2D eigenvalue weighted by Crippen LogP contribution is 2.27. The average molecular weight is 390 g/mol. The molecule has 1 aromatic carbocycles. The summed E-state index contributed by atoms with van der Waals surface area (Å²) in [6, 6.07) is 11.3. The minimum Gasteiger partial charge on any atom is -0.311 e. The lowest BCUT2D eigenvalue weighted by atomic mass is 10.2. The van der Waals surface area contributed by atoms with Gasteiger partial charge in [0.25, 0.3) is 0 Å². The van der Waals surface area contributed by atoms with Crippen molar-refractivity contribution in [1.82, 2.24) is 4.90 Å². The van der Waals surface area contributed by atoms with Gasteiger partial charge >= 0.3 is 0 Å². The van der Waals surface area contributed by atoms with Crippen LogP contribution >= 0.6 is 27.3 Å². The fourth-order valence-corrected chi connectivity index (χ4v) is 4.35. The Morgan fingerprint density at radius 3 is 2.78 bits per heavy atom. The van der Waals surface area contributed by atoms with Gasteiger partial charge in [0, 0.05) is 33.5 Å². The largest absolute Gasteiger partial charge is 0.311 e. The van der Waals surface area contributed by atoms with Crippen LogP contribution in [0.2, 0.25) is 0 Å². The third-order valence-electron chi connectivity index (χ3n) is 4.04. The van der Waals surface area contributed by atoms with Gasteiger partial charge in [-0.05, 0) is 59.7 Å². The Labute approximate surface area is 148 Å². The number of benzene rings is 1. The Bertz CT molecular complexity index is 750. The highest BCUT2D eigenvalue weighted by Gasteiger charge is 2.35. The van der Waals surface area contributed by atoms with Crippen LogP contribution in [0, 0.1) is 11.3 Å². The number of amides is 1. The minimum absolute atomic E-state index is 0.0912. The molecular weight excluding hydrogens is 374 g/mol. The van der Waals surface area contributed by atoms with E-state index in [1.54, 1.807) is 23.5 Å². The van der Waals surface area contributed by atoms with Gasteiger partial charge < -0.3 is 4.90 Å². The number of nitrogens with zero attached hydrogens (tertiary/aromatic N) is 3. The summed E-state index contributed by atoms with van der Waals surface area (Å²) in [4.78, 5) is 17.9. The molecule has 0 aliphatic carbocycles. The summed E-state index contributed by atoms with van der Waals surface area (Å²) in [7, 11) is 2.00. The van der Waals surface area contributed by atoms with Crippen molar-refractivity contribution >= 4 is 38.9 Å². The van der Waals surface area contributed by atoms with Gasteiger partial charge in [0.1, 0.15) is 0 Å². The van der Waals surface area contributed by atoms with Crippen molar-refractivity contribution < 1.29 is 4.79 Å². The Morgan fingerprint density at radius 1 is 1.43 bits per heavy atom. The van der Waals surface area contributed by atoms with Crippen molar-refractivity contribution in [3.63, 3.8) is 0 Å². The highest BCUT2D eigenvalue weighted by molar-refractivity contribution is 9.10. The van der Waals surface area contributed by atoms with Crippen LogP contribution in [-0.2, 0) is 11.3 Å². The summed E-state index contributed by atoms with van der Waals surface area (Å²) in [5.74, 6) is 0.132. The van der Waals surface area contributed by atoms with E-state index in [0.717, 1.165) is 23.1 Å². The zero-order chi connectivity index (χ0) is 16.4. The molecule has 1 aliphatic heterocycles. The molecule has 2 aromatic rings. The molecule has 3 rings (SSSR count). The number of rotatable bonds is 4. The number of carbonyl (C=O) groups is 1. The third kappa shape index (κ3) is 3.47. The minimum atomic E-state index is -0.0912. The van der Waals surface area contributed by atoms with E-state index in [9.17, 15) is 4.79 Å². The first kappa shape index (κ1) is 16.2. The molecule has 118 valence electrons. The molecular formula is C17H16BrN3OS. The lowest BCUT2D eigenvalue weighted by Crippen LogP contribution is -2.39. The molecule has 0 N–H and O–H groups in total. The number of anilines is 1. The van der Waals surface area contributed by atoms with Crippen molar-refractivity contribution in [2.24, 2.45) is 0 Å². The van der Waals surface area contributed by atoms with Crippen LogP contribution in [0.15, 0.2) is 40.2 Å². The van der Waals surface area contributed by atoms with E-state index >= 15 is 0 Å². The molecule has 1 aliphatic rings. The van der Waals surface area contributed by atoms with E-state index in [0.29, 0.717) is 12.1 Å². The van der Waals surface area contributed by atoms with Crippen LogP contribution in [0.25, 0.3) is 0 Å². The van der Waals surface area contributed by atoms with Crippen molar-refractivity contribution in [3.05, 3.63) is 50.6 Å². The quantitative estimate of drug-likeness (QED) is 0.801. The molecule has 1 saturated heterocycles. The van der Waals surface area contributed by atoms with Gasteiger partial charge in [0.15, 0.2) is 0 Å². The smallest absolute Gasteiger partial charge is 0.244 e. The molecule has 4 nitrogen and oxygen atoms in total. The van der Waals surface area contributed by atoms with Gasteiger partial charge in [-0.1, -0.05) is 0 Å². The molecule has 1 atom stereocenters. The molecule has 0 bridgehead atoms. The predicted octanol–water partition coefficient (Wildman–Crippen LogP) is 3.62. The Morgan fingerprint density at radius 2 is 2.17 bits per heavy atom. The van der Waals surface area contributed by atoms with Gasteiger partial charge in [0.05, 0.1) is 17.7 Å². The number of hydrogen-bond acceptors (Lipinski definition) is 4. The average Bonchev–Trinajstić information content (AvgIpc) is 3.13. The molecule has 1 aromatic heterocycles. The zero-order valence-electron chi connectivity index (χ0n) is 12.7. The van der Waals surface area contributed by atoms with Crippen LogP contribution in [0.4, 0.5) is 5.69 Å². The fourth-order valence-electron chi connectivity index (χ4n) is 2.84. The van der Waals surface area contributed by atoms with Crippen molar-refractivity contribution in [2.45, 2.75) is 19.0 Å². The number of halogens is 1. The first-order valence-corrected chi connectivity index (χ1v) is 9.00. The number of thiophene rings is 1. The van der Waals surface area contributed by atoms with Crippen LogP contribution in [0.1, 0.15) is 16.9 Å². The Balaban J connectivity index is 1.69. The maximum Gasteiger partial charge on any atom is 0.244 e. The van der Waals surface area contributed by atoms with Gasteiger partial charge in [0.2, 0.25) is 5.91 Å².